The molecule has 0 nitrogen and oxygen atoms in total. The standard InChI is InChI=1S/C20H26I.C4HF9/c1-19(2,3)15-11-7-9-13-17(15)21-18-14-10-8-12-16(18)20(4,5)6;5-1(6)2(7,8)3(9,10)4(11,12)13/h7-14H,1-6H3;1H/q+1;. The minimum absolute atomic E-state index is 0.147. The van der Waals surface area contributed by atoms with E-state index in [2.05, 4.69) is 90.1 Å². The molecule has 0 aliphatic carbocycles. The van der Waals surface area contributed by atoms with Gasteiger partial charge in [-0.15, -0.1) is 0 Å². The largest absolute Gasteiger partial charge is 0.460 e. The van der Waals surface area contributed by atoms with Crippen LogP contribution < -0.4 is 21.2 Å². The van der Waals surface area contributed by atoms with Gasteiger partial charge in [-0.05, 0) is 23.0 Å². The molecule has 0 N–H and O–H groups in total. The van der Waals surface area contributed by atoms with Gasteiger partial charge in [-0.25, -0.2) is 8.78 Å². The fourth-order valence-corrected chi connectivity index (χ4v) is 6.70. The maximum Gasteiger partial charge on any atom is 0.460 e. The van der Waals surface area contributed by atoms with Gasteiger partial charge >= 0.3 is 45.7 Å². The van der Waals surface area contributed by atoms with E-state index >= 15 is 0 Å². The first-order valence-corrected chi connectivity index (χ1v) is 12.2. The zero-order valence-electron chi connectivity index (χ0n) is 19.5. The molecule has 10 heteroatoms. The molecule has 0 saturated heterocycles. The van der Waals surface area contributed by atoms with Gasteiger partial charge in [0.05, 0.1) is 0 Å². The molecule has 0 aliphatic heterocycles. The molecule has 2 aromatic carbocycles. The highest BCUT2D eigenvalue weighted by molar-refractivity contribution is 5.24. The first kappa shape index (κ1) is 30.6. The molecule has 0 fully saturated rings. The average Bonchev–Trinajstić information content (AvgIpc) is 2.66. The lowest BCUT2D eigenvalue weighted by atomic mass is 9.87. The summed E-state index contributed by atoms with van der Waals surface area (Å²) in [6.07, 6.45) is -11.8. The first-order valence-electron chi connectivity index (χ1n) is 10.1. The summed E-state index contributed by atoms with van der Waals surface area (Å²) in [4.78, 5) is 0. The minimum atomic E-state index is -6.73. The third-order valence-electron chi connectivity index (χ3n) is 4.62. The molecule has 0 heterocycles. The van der Waals surface area contributed by atoms with Crippen LogP contribution in [-0.4, -0.2) is 24.4 Å². The van der Waals surface area contributed by atoms with E-state index in [1.807, 2.05) is 0 Å². The molecule has 0 bridgehead atoms. The molecule has 2 aromatic rings. The van der Waals surface area contributed by atoms with Crippen LogP contribution in [0.25, 0.3) is 0 Å². The van der Waals surface area contributed by atoms with Crippen LogP contribution in [0.5, 0.6) is 0 Å². The van der Waals surface area contributed by atoms with E-state index in [4.69, 9.17) is 0 Å². The van der Waals surface area contributed by atoms with Gasteiger partial charge in [-0.1, -0.05) is 77.9 Å². The van der Waals surface area contributed by atoms with Crippen LogP contribution in [0.15, 0.2) is 48.5 Å². The molecule has 34 heavy (non-hydrogen) atoms. The zero-order valence-corrected chi connectivity index (χ0v) is 21.6. The lowest BCUT2D eigenvalue weighted by Gasteiger charge is -2.27. The monoisotopic (exact) mass is 613 g/mol. The normalized spacial score (nSPS) is 13.5. The Labute approximate surface area is 204 Å². The summed E-state index contributed by atoms with van der Waals surface area (Å²) in [5, 5.41) is 0. The molecule has 0 spiro atoms. The summed E-state index contributed by atoms with van der Waals surface area (Å²) in [6.45, 7) is 13.9. The van der Waals surface area contributed by atoms with Crippen LogP contribution in [0.2, 0.25) is 0 Å². The third-order valence-corrected chi connectivity index (χ3v) is 7.66. The Hall–Kier alpha value is -1.46. The van der Waals surface area contributed by atoms with Crippen LogP contribution in [-0.2, 0) is 10.8 Å². The Kier molecular flexibility index (Phi) is 9.58. The van der Waals surface area contributed by atoms with Gasteiger partial charge in [0, 0.05) is 11.1 Å². The van der Waals surface area contributed by atoms with Crippen molar-refractivity contribution in [1.29, 1.82) is 0 Å². The Morgan fingerprint density at radius 1 is 0.588 bits per heavy atom. The molecule has 0 amide bonds. The van der Waals surface area contributed by atoms with Crippen LogP contribution >= 0.6 is 0 Å². The SMILES string of the molecule is CC(C)(C)c1ccccc1[I+]c1ccccc1C(C)(C)C.FC(F)C(F)(F)C(F)(F)C(F)(F)F. The highest BCUT2D eigenvalue weighted by atomic mass is 127. The van der Waals surface area contributed by atoms with Crippen LogP contribution in [0, 0.1) is 7.14 Å². The van der Waals surface area contributed by atoms with E-state index in [0.29, 0.717) is 0 Å². The molecular formula is C24H27F9I+. The third kappa shape index (κ3) is 7.27. The summed E-state index contributed by atoms with van der Waals surface area (Å²) in [5.41, 5.74) is 3.43. The maximum atomic E-state index is 11.6. The maximum absolute atomic E-state index is 11.6. The van der Waals surface area contributed by atoms with Crippen LogP contribution in [0.1, 0.15) is 52.7 Å². The molecule has 0 saturated carbocycles. The van der Waals surface area contributed by atoms with Gasteiger partial charge in [0.1, 0.15) is 0 Å². The lowest BCUT2D eigenvalue weighted by Crippen LogP contribution is -3.62. The van der Waals surface area contributed by atoms with Gasteiger partial charge in [0.25, 0.3) is 0 Å². The van der Waals surface area contributed by atoms with E-state index in [1.54, 1.807) is 7.14 Å². The molecule has 0 radical (unpaired) electrons. The van der Waals surface area contributed by atoms with Crippen molar-refractivity contribution in [3.05, 3.63) is 66.8 Å². The quantitative estimate of drug-likeness (QED) is 0.316. The van der Waals surface area contributed by atoms with E-state index in [-0.39, 0.29) is 32.0 Å². The fraction of sp³-hybridized carbons (Fsp3) is 0.500. The molecular weight excluding hydrogens is 586 g/mol. The van der Waals surface area contributed by atoms with Crippen molar-refractivity contribution in [2.75, 3.05) is 0 Å². The van der Waals surface area contributed by atoms with Gasteiger partial charge < -0.3 is 0 Å². The summed E-state index contributed by atoms with van der Waals surface area (Å²) < 4.78 is 105. The van der Waals surface area contributed by atoms with Crippen molar-refractivity contribution in [2.45, 2.75) is 76.8 Å². The second-order valence-corrected chi connectivity index (χ2v) is 12.4. The van der Waals surface area contributed by atoms with E-state index in [1.165, 1.54) is 11.1 Å². The highest BCUT2D eigenvalue weighted by Gasteiger charge is 2.76. The zero-order chi connectivity index (χ0) is 26.8. The lowest BCUT2D eigenvalue weighted by molar-refractivity contribution is -0.599. The van der Waals surface area contributed by atoms with Crippen molar-refractivity contribution in [2.24, 2.45) is 0 Å². The average molecular weight is 613 g/mol. The summed E-state index contributed by atoms with van der Waals surface area (Å²) in [7, 11) is 0. The predicted octanol–water partition coefficient (Wildman–Crippen LogP) is 5.49. The second-order valence-electron chi connectivity index (χ2n) is 9.55. The van der Waals surface area contributed by atoms with Crippen molar-refractivity contribution >= 4 is 0 Å². The first-order chi connectivity index (χ1) is 15.1. The second kappa shape index (κ2) is 10.7. The predicted molar refractivity (Wildman–Crippen MR) is 110 cm³/mol. The molecule has 2 rings (SSSR count). The van der Waals surface area contributed by atoms with Crippen molar-refractivity contribution in [3.8, 4) is 0 Å². The number of rotatable bonds is 4. The van der Waals surface area contributed by atoms with Crippen molar-refractivity contribution in [1.82, 2.24) is 0 Å². The molecule has 0 aromatic heterocycles. The Morgan fingerprint density at radius 2 is 0.912 bits per heavy atom. The summed E-state index contributed by atoms with van der Waals surface area (Å²) in [6, 6.07) is 18.0. The van der Waals surface area contributed by atoms with Gasteiger partial charge in [0.2, 0.25) is 0 Å². The molecule has 192 valence electrons. The van der Waals surface area contributed by atoms with Crippen LogP contribution in [0.4, 0.5) is 39.5 Å². The Bertz CT molecular complexity index is 881. The molecule has 0 aliphatic rings. The number of hydrogen-bond acceptors (Lipinski definition) is 0. The molecule has 0 atom stereocenters. The van der Waals surface area contributed by atoms with E-state index in [0.717, 1.165) is 0 Å². The van der Waals surface area contributed by atoms with Crippen molar-refractivity contribution < 1.29 is 60.7 Å². The Balaban J connectivity index is 0.000000385. The van der Waals surface area contributed by atoms with Gasteiger partial charge in [-0.3, -0.25) is 0 Å². The smallest absolute Gasteiger partial charge is 0.203 e. The van der Waals surface area contributed by atoms with Gasteiger partial charge in [0.15, 0.2) is 7.14 Å². The molecule has 0 unspecified atom stereocenters. The summed E-state index contributed by atoms with van der Waals surface area (Å²) in [5.74, 6) is -13.1. The van der Waals surface area contributed by atoms with Crippen LogP contribution in [0.3, 0.4) is 0 Å². The number of halogens is 10. The summed E-state index contributed by atoms with van der Waals surface area (Å²) >= 11 is -0.147. The highest BCUT2D eigenvalue weighted by Crippen LogP contribution is 2.48. The van der Waals surface area contributed by atoms with Crippen molar-refractivity contribution in [3.63, 3.8) is 0 Å². The van der Waals surface area contributed by atoms with Gasteiger partial charge in [-0.2, -0.15) is 30.7 Å². The number of alkyl halides is 9. The van der Waals surface area contributed by atoms with E-state index in [9.17, 15) is 39.5 Å². The number of hydrogen-bond donors (Lipinski definition) is 0. The van der Waals surface area contributed by atoms with E-state index < -0.39 is 24.4 Å². The fourth-order valence-electron chi connectivity index (χ4n) is 2.74. The topological polar surface area (TPSA) is 0 Å². The Morgan fingerprint density at radius 3 is 1.15 bits per heavy atom. The minimum Gasteiger partial charge on any atom is -0.203 e. The number of benzene rings is 2.